The van der Waals surface area contributed by atoms with Gasteiger partial charge in [-0.25, -0.2) is 4.79 Å². The van der Waals surface area contributed by atoms with Gasteiger partial charge in [-0.1, -0.05) is 0 Å². The molecular weight excluding hydrogens is 252 g/mol. The number of halogens is 1. The molecule has 0 atom stereocenters. The van der Waals surface area contributed by atoms with Crippen LogP contribution in [0.5, 0.6) is 11.5 Å². The third-order valence-corrected chi connectivity index (χ3v) is 2.43. The lowest BCUT2D eigenvalue weighted by molar-refractivity contribution is 0.0695. The minimum Gasteiger partial charge on any atom is -0.486 e. The summed E-state index contributed by atoms with van der Waals surface area (Å²) in [5, 5.41) is 8.79. The molecule has 4 nitrogen and oxygen atoms in total. The van der Waals surface area contributed by atoms with E-state index in [1.54, 1.807) is 0 Å². The third kappa shape index (κ3) is 1.55. The highest BCUT2D eigenvalue weighted by Gasteiger charge is 2.18. The Morgan fingerprint density at radius 1 is 1.36 bits per heavy atom. The molecule has 1 aliphatic heterocycles. The molecule has 0 saturated carbocycles. The Kier molecular flexibility index (Phi) is 2.33. The number of benzene rings is 1. The fraction of sp³-hybridized carbons (Fsp3) is 0.222. The summed E-state index contributed by atoms with van der Waals surface area (Å²) < 4.78 is 11.2. The third-order valence-electron chi connectivity index (χ3n) is 1.84. The molecule has 2 rings (SSSR count). The zero-order valence-corrected chi connectivity index (χ0v) is 8.70. The largest absolute Gasteiger partial charge is 0.486 e. The van der Waals surface area contributed by atoms with E-state index in [2.05, 4.69) is 15.9 Å². The molecule has 74 valence electrons. The second-order valence-electron chi connectivity index (χ2n) is 2.79. The zero-order valence-electron chi connectivity index (χ0n) is 7.12. The van der Waals surface area contributed by atoms with Crippen LogP contribution in [0.3, 0.4) is 0 Å². The van der Waals surface area contributed by atoms with Gasteiger partial charge in [0.25, 0.3) is 0 Å². The average Bonchev–Trinajstić information content (AvgIpc) is 2.17. The van der Waals surface area contributed by atoms with Crippen LogP contribution in [0.1, 0.15) is 10.4 Å². The molecule has 1 heterocycles. The lowest BCUT2D eigenvalue weighted by Gasteiger charge is -2.19. The Bertz CT molecular complexity index is 389. The number of carboxylic acids is 1. The summed E-state index contributed by atoms with van der Waals surface area (Å²) in [6.07, 6.45) is 0. The maximum Gasteiger partial charge on any atom is 0.335 e. The van der Waals surface area contributed by atoms with Crippen molar-refractivity contribution in [2.45, 2.75) is 0 Å². The van der Waals surface area contributed by atoms with Crippen LogP contribution in [0.2, 0.25) is 0 Å². The van der Waals surface area contributed by atoms with Crippen molar-refractivity contribution < 1.29 is 19.4 Å². The Morgan fingerprint density at radius 2 is 2.07 bits per heavy atom. The first kappa shape index (κ1) is 9.33. The summed E-state index contributed by atoms with van der Waals surface area (Å²) in [7, 11) is 0. The summed E-state index contributed by atoms with van der Waals surface area (Å²) in [4.78, 5) is 10.7. The van der Waals surface area contributed by atoms with Gasteiger partial charge in [0.1, 0.15) is 13.2 Å². The van der Waals surface area contributed by atoms with Crippen molar-refractivity contribution in [1.82, 2.24) is 0 Å². The predicted molar refractivity (Wildman–Crippen MR) is 52.1 cm³/mol. The number of fused-ring (bicyclic) bond motifs is 1. The van der Waals surface area contributed by atoms with Crippen LogP contribution < -0.4 is 9.47 Å². The molecule has 0 radical (unpaired) electrons. The van der Waals surface area contributed by atoms with E-state index in [1.165, 1.54) is 12.1 Å². The van der Waals surface area contributed by atoms with Gasteiger partial charge < -0.3 is 14.6 Å². The standard InChI is InChI=1S/C9H7BrO4/c10-6-3-5(9(11)12)4-7-8(6)14-2-1-13-7/h3-4H,1-2H2,(H,11,12). The van der Waals surface area contributed by atoms with E-state index in [-0.39, 0.29) is 5.56 Å². The second kappa shape index (κ2) is 3.49. The molecule has 0 bridgehead atoms. The minimum absolute atomic E-state index is 0.182. The Balaban J connectivity index is 2.51. The molecule has 0 aliphatic carbocycles. The van der Waals surface area contributed by atoms with E-state index in [9.17, 15) is 4.79 Å². The Hall–Kier alpha value is -1.23. The van der Waals surface area contributed by atoms with Crippen molar-refractivity contribution in [2.24, 2.45) is 0 Å². The molecule has 1 aromatic carbocycles. The molecule has 0 unspecified atom stereocenters. The molecule has 1 N–H and O–H groups in total. The summed E-state index contributed by atoms with van der Waals surface area (Å²) in [5.74, 6) is 0.0620. The van der Waals surface area contributed by atoms with Gasteiger partial charge >= 0.3 is 5.97 Å². The SMILES string of the molecule is O=C(O)c1cc(Br)c2c(c1)OCCO2. The van der Waals surface area contributed by atoms with E-state index in [0.717, 1.165) is 0 Å². The molecule has 0 fully saturated rings. The van der Waals surface area contributed by atoms with Crippen molar-refractivity contribution in [3.8, 4) is 11.5 Å². The predicted octanol–water partition coefficient (Wildman–Crippen LogP) is 1.92. The molecule has 14 heavy (non-hydrogen) atoms. The minimum atomic E-state index is -0.984. The number of hydrogen-bond donors (Lipinski definition) is 1. The smallest absolute Gasteiger partial charge is 0.335 e. The number of carbonyl (C=O) groups is 1. The highest BCUT2D eigenvalue weighted by atomic mass is 79.9. The van der Waals surface area contributed by atoms with Crippen molar-refractivity contribution >= 4 is 21.9 Å². The maximum absolute atomic E-state index is 10.7. The van der Waals surface area contributed by atoms with Gasteiger partial charge in [0, 0.05) is 0 Å². The summed E-state index contributed by atoms with van der Waals surface area (Å²) in [6.45, 7) is 0.931. The summed E-state index contributed by atoms with van der Waals surface area (Å²) in [6, 6.07) is 2.96. The van der Waals surface area contributed by atoms with Gasteiger partial charge in [-0.05, 0) is 28.1 Å². The summed E-state index contributed by atoms with van der Waals surface area (Å²) in [5.41, 5.74) is 0.182. The first-order valence-electron chi connectivity index (χ1n) is 4.01. The molecule has 1 aliphatic rings. The van der Waals surface area contributed by atoms with E-state index in [1.807, 2.05) is 0 Å². The number of ether oxygens (including phenoxy) is 2. The lowest BCUT2D eigenvalue weighted by Crippen LogP contribution is -2.16. The molecule has 5 heteroatoms. The highest BCUT2D eigenvalue weighted by Crippen LogP contribution is 2.38. The molecule has 0 aromatic heterocycles. The van der Waals surface area contributed by atoms with Gasteiger partial charge in [-0.3, -0.25) is 0 Å². The van der Waals surface area contributed by atoms with E-state index in [4.69, 9.17) is 14.6 Å². The lowest BCUT2D eigenvalue weighted by atomic mass is 10.2. The number of hydrogen-bond acceptors (Lipinski definition) is 3. The van der Waals surface area contributed by atoms with Gasteiger partial charge in [0.05, 0.1) is 10.0 Å². The average molecular weight is 259 g/mol. The van der Waals surface area contributed by atoms with E-state index in [0.29, 0.717) is 29.2 Å². The zero-order chi connectivity index (χ0) is 10.1. The fourth-order valence-corrected chi connectivity index (χ4v) is 1.79. The summed E-state index contributed by atoms with van der Waals surface area (Å²) >= 11 is 3.23. The second-order valence-corrected chi connectivity index (χ2v) is 3.64. The molecule has 0 saturated heterocycles. The molecule has 1 aromatic rings. The first-order valence-corrected chi connectivity index (χ1v) is 4.80. The van der Waals surface area contributed by atoms with Crippen molar-refractivity contribution in [3.05, 3.63) is 22.2 Å². The van der Waals surface area contributed by atoms with Gasteiger partial charge in [0.2, 0.25) is 0 Å². The van der Waals surface area contributed by atoms with Crippen LogP contribution in [0.4, 0.5) is 0 Å². The topological polar surface area (TPSA) is 55.8 Å². The monoisotopic (exact) mass is 258 g/mol. The van der Waals surface area contributed by atoms with Crippen LogP contribution in [0.15, 0.2) is 16.6 Å². The number of rotatable bonds is 1. The molecule has 0 amide bonds. The fourth-order valence-electron chi connectivity index (χ4n) is 1.23. The molecule has 0 spiro atoms. The van der Waals surface area contributed by atoms with Crippen LogP contribution in [-0.2, 0) is 0 Å². The van der Waals surface area contributed by atoms with Gasteiger partial charge in [0.15, 0.2) is 11.5 Å². The number of aromatic carboxylic acids is 1. The number of carboxylic acid groups (broad SMARTS) is 1. The normalized spacial score (nSPS) is 13.8. The van der Waals surface area contributed by atoms with Crippen LogP contribution in [0.25, 0.3) is 0 Å². The van der Waals surface area contributed by atoms with Crippen LogP contribution in [0, 0.1) is 0 Å². The van der Waals surface area contributed by atoms with Crippen molar-refractivity contribution in [2.75, 3.05) is 13.2 Å². The first-order chi connectivity index (χ1) is 6.68. The van der Waals surface area contributed by atoms with Gasteiger partial charge in [-0.15, -0.1) is 0 Å². The van der Waals surface area contributed by atoms with Crippen molar-refractivity contribution in [1.29, 1.82) is 0 Å². The van der Waals surface area contributed by atoms with Crippen LogP contribution >= 0.6 is 15.9 Å². The maximum atomic E-state index is 10.7. The molecular formula is C9H7BrO4. The Labute approximate surface area is 88.6 Å². The quantitative estimate of drug-likeness (QED) is 0.837. The Morgan fingerprint density at radius 3 is 2.79 bits per heavy atom. The van der Waals surface area contributed by atoms with Gasteiger partial charge in [-0.2, -0.15) is 0 Å². The van der Waals surface area contributed by atoms with Crippen molar-refractivity contribution in [3.63, 3.8) is 0 Å². The van der Waals surface area contributed by atoms with Crippen LogP contribution in [-0.4, -0.2) is 24.3 Å². The van der Waals surface area contributed by atoms with E-state index < -0.39 is 5.97 Å². The highest BCUT2D eigenvalue weighted by molar-refractivity contribution is 9.10. The van der Waals surface area contributed by atoms with E-state index >= 15 is 0 Å².